The lowest BCUT2D eigenvalue weighted by Crippen LogP contribution is -2.28. The molecule has 1 amide bonds. The molecule has 0 atom stereocenters. The zero-order valence-electron chi connectivity index (χ0n) is 14.8. The third-order valence-electron chi connectivity index (χ3n) is 3.61. The van der Waals surface area contributed by atoms with Gasteiger partial charge < -0.3 is 15.5 Å². The highest BCUT2D eigenvalue weighted by molar-refractivity contribution is 5.92. The summed E-state index contributed by atoms with van der Waals surface area (Å²) in [6, 6.07) is 9.60. The average molecular weight is 327 g/mol. The standard InChI is InChI=1S/C18H25N5O/c1-13-6-7-15(14(2)12-13)20-17-9-8-16(21-22-17)18(24)19-10-5-11-23(3)4/h6-9,12H,5,10-11H2,1-4H3,(H,19,24)(H,20,22). The molecule has 0 aliphatic heterocycles. The van der Waals surface area contributed by atoms with Gasteiger partial charge in [0.1, 0.15) is 0 Å². The first kappa shape index (κ1) is 17.9. The SMILES string of the molecule is Cc1ccc(Nc2ccc(C(=O)NCCCN(C)C)nn2)c(C)c1. The summed E-state index contributed by atoms with van der Waals surface area (Å²) < 4.78 is 0. The van der Waals surface area contributed by atoms with Crippen molar-refractivity contribution in [2.24, 2.45) is 0 Å². The van der Waals surface area contributed by atoms with Crippen molar-refractivity contribution in [3.05, 3.63) is 47.2 Å². The number of aromatic nitrogens is 2. The number of benzene rings is 1. The zero-order valence-corrected chi connectivity index (χ0v) is 14.8. The van der Waals surface area contributed by atoms with Gasteiger partial charge in [0, 0.05) is 12.2 Å². The Kier molecular flexibility index (Phi) is 6.26. The Balaban J connectivity index is 1.91. The van der Waals surface area contributed by atoms with Crippen LogP contribution in [-0.2, 0) is 0 Å². The fraction of sp³-hybridized carbons (Fsp3) is 0.389. The first-order valence-electron chi connectivity index (χ1n) is 8.06. The molecule has 2 rings (SSSR count). The van der Waals surface area contributed by atoms with Crippen molar-refractivity contribution in [3.8, 4) is 0 Å². The molecule has 6 heteroatoms. The summed E-state index contributed by atoms with van der Waals surface area (Å²) in [5, 5.41) is 14.2. The lowest BCUT2D eigenvalue weighted by Gasteiger charge is -2.10. The molecule has 0 unspecified atom stereocenters. The largest absolute Gasteiger partial charge is 0.351 e. The molecule has 0 aliphatic rings. The molecule has 0 saturated carbocycles. The molecule has 1 aromatic heterocycles. The van der Waals surface area contributed by atoms with Crippen LogP contribution >= 0.6 is 0 Å². The molecule has 24 heavy (non-hydrogen) atoms. The van der Waals surface area contributed by atoms with Crippen LogP contribution in [0.5, 0.6) is 0 Å². The smallest absolute Gasteiger partial charge is 0.271 e. The molecule has 0 fully saturated rings. The van der Waals surface area contributed by atoms with E-state index in [1.807, 2.05) is 33.2 Å². The van der Waals surface area contributed by atoms with E-state index in [0.29, 0.717) is 18.1 Å². The number of anilines is 2. The first-order valence-corrected chi connectivity index (χ1v) is 8.06. The number of hydrogen-bond donors (Lipinski definition) is 2. The predicted molar refractivity (Wildman–Crippen MR) is 96.7 cm³/mol. The number of aryl methyl sites for hydroxylation is 2. The lowest BCUT2D eigenvalue weighted by molar-refractivity contribution is 0.0946. The summed E-state index contributed by atoms with van der Waals surface area (Å²) in [6.45, 7) is 5.66. The summed E-state index contributed by atoms with van der Waals surface area (Å²) >= 11 is 0. The van der Waals surface area contributed by atoms with Crippen LogP contribution in [0.15, 0.2) is 30.3 Å². The maximum atomic E-state index is 12.0. The normalized spacial score (nSPS) is 10.7. The quantitative estimate of drug-likeness (QED) is 0.765. The van der Waals surface area contributed by atoms with Crippen LogP contribution < -0.4 is 10.6 Å². The Morgan fingerprint density at radius 1 is 1.12 bits per heavy atom. The molecule has 0 radical (unpaired) electrons. The fourth-order valence-corrected chi connectivity index (χ4v) is 2.30. The number of nitrogens with zero attached hydrogens (tertiary/aromatic N) is 3. The Morgan fingerprint density at radius 2 is 1.92 bits per heavy atom. The molecule has 0 aliphatic carbocycles. The van der Waals surface area contributed by atoms with Gasteiger partial charge in [-0.3, -0.25) is 4.79 Å². The zero-order chi connectivity index (χ0) is 17.5. The van der Waals surface area contributed by atoms with Crippen molar-refractivity contribution in [3.63, 3.8) is 0 Å². The van der Waals surface area contributed by atoms with Crippen LogP contribution in [0, 0.1) is 13.8 Å². The summed E-state index contributed by atoms with van der Waals surface area (Å²) in [5.41, 5.74) is 3.66. The summed E-state index contributed by atoms with van der Waals surface area (Å²) in [6.07, 6.45) is 0.901. The van der Waals surface area contributed by atoms with Gasteiger partial charge in [-0.25, -0.2) is 0 Å². The van der Waals surface area contributed by atoms with Gasteiger partial charge in [0.15, 0.2) is 11.5 Å². The van der Waals surface area contributed by atoms with Gasteiger partial charge in [0.2, 0.25) is 0 Å². The van der Waals surface area contributed by atoms with Crippen LogP contribution in [0.3, 0.4) is 0 Å². The molecule has 6 nitrogen and oxygen atoms in total. The number of nitrogens with one attached hydrogen (secondary N) is 2. The van der Waals surface area contributed by atoms with Crippen molar-refractivity contribution in [1.82, 2.24) is 20.4 Å². The molecule has 0 saturated heterocycles. The molecule has 2 aromatic rings. The fourth-order valence-electron chi connectivity index (χ4n) is 2.30. The highest BCUT2D eigenvalue weighted by Crippen LogP contribution is 2.19. The lowest BCUT2D eigenvalue weighted by atomic mass is 10.1. The van der Waals surface area contributed by atoms with E-state index in [0.717, 1.165) is 24.2 Å². The van der Waals surface area contributed by atoms with Crippen molar-refractivity contribution >= 4 is 17.4 Å². The molecule has 1 heterocycles. The van der Waals surface area contributed by atoms with E-state index in [2.05, 4.69) is 38.7 Å². The molecular weight excluding hydrogens is 302 g/mol. The van der Waals surface area contributed by atoms with Crippen molar-refractivity contribution in [2.75, 3.05) is 32.5 Å². The maximum absolute atomic E-state index is 12.0. The van der Waals surface area contributed by atoms with E-state index in [1.165, 1.54) is 5.56 Å². The van der Waals surface area contributed by atoms with Crippen molar-refractivity contribution < 1.29 is 4.79 Å². The van der Waals surface area contributed by atoms with Crippen LogP contribution in [0.2, 0.25) is 0 Å². The van der Waals surface area contributed by atoms with Crippen LogP contribution in [0.25, 0.3) is 0 Å². The van der Waals surface area contributed by atoms with Crippen LogP contribution in [0.1, 0.15) is 28.0 Å². The minimum Gasteiger partial charge on any atom is -0.351 e. The van der Waals surface area contributed by atoms with Crippen LogP contribution in [-0.4, -0.2) is 48.2 Å². The predicted octanol–water partition coefficient (Wildman–Crippen LogP) is 2.52. The third-order valence-corrected chi connectivity index (χ3v) is 3.61. The van der Waals surface area contributed by atoms with Crippen LogP contribution in [0.4, 0.5) is 11.5 Å². The van der Waals surface area contributed by atoms with E-state index in [-0.39, 0.29) is 5.91 Å². The molecular formula is C18H25N5O. The summed E-state index contributed by atoms with van der Waals surface area (Å²) in [4.78, 5) is 14.1. The average Bonchev–Trinajstić information content (AvgIpc) is 2.54. The second-order valence-electron chi connectivity index (χ2n) is 6.16. The molecule has 0 spiro atoms. The minimum atomic E-state index is -0.195. The Hall–Kier alpha value is -2.47. The first-order chi connectivity index (χ1) is 11.5. The summed E-state index contributed by atoms with van der Waals surface area (Å²) in [7, 11) is 4.02. The van der Waals surface area contributed by atoms with Gasteiger partial charge in [0.05, 0.1) is 0 Å². The van der Waals surface area contributed by atoms with E-state index >= 15 is 0 Å². The van der Waals surface area contributed by atoms with E-state index in [1.54, 1.807) is 12.1 Å². The number of carbonyl (C=O) groups is 1. The van der Waals surface area contributed by atoms with Gasteiger partial charge >= 0.3 is 0 Å². The molecule has 2 N–H and O–H groups in total. The number of rotatable bonds is 7. The van der Waals surface area contributed by atoms with E-state index < -0.39 is 0 Å². The monoisotopic (exact) mass is 327 g/mol. The molecule has 128 valence electrons. The number of amides is 1. The van der Waals surface area contributed by atoms with E-state index in [9.17, 15) is 4.79 Å². The highest BCUT2D eigenvalue weighted by atomic mass is 16.1. The minimum absolute atomic E-state index is 0.195. The maximum Gasteiger partial charge on any atom is 0.271 e. The second-order valence-corrected chi connectivity index (χ2v) is 6.16. The highest BCUT2D eigenvalue weighted by Gasteiger charge is 2.08. The Bertz CT molecular complexity index is 682. The Morgan fingerprint density at radius 3 is 2.54 bits per heavy atom. The second kappa shape index (κ2) is 8.40. The number of carbonyl (C=O) groups excluding carboxylic acids is 1. The van der Waals surface area contributed by atoms with Gasteiger partial charge in [-0.2, -0.15) is 0 Å². The third kappa shape index (κ3) is 5.31. The topological polar surface area (TPSA) is 70.2 Å². The van der Waals surface area contributed by atoms with E-state index in [4.69, 9.17) is 0 Å². The van der Waals surface area contributed by atoms with Gasteiger partial charge in [-0.15, -0.1) is 10.2 Å². The molecule has 0 bridgehead atoms. The summed E-state index contributed by atoms with van der Waals surface area (Å²) in [5.74, 6) is 0.422. The molecule has 1 aromatic carbocycles. The van der Waals surface area contributed by atoms with Gasteiger partial charge in [0.25, 0.3) is 5.91 Å². The van der Waals surface area contributed by atoms with Crippen molar-refractivity contribution in [1.29, 1.82) is 0 Å². The Labute approximate surface area is 143 Å². The van der Waals surface area contributed by atoms with Crippen molar-refractivity contribution in [2.45, 2.75) is 20.3 Å². The number of hydrogen-bond acceptors (Lipinski definition) is 5. The van der Waals surface area contributed by atoms with Gasteiger partial charge in [-0.1, -0.05) is 17.7 Å². The van der Waals surface area contributed by atoms with Gasteiger partial charge in [-0.05, 0) is 64.7 Å².